The van der Waals surface area contributed by atoms with Crippen molar-refractivity contribution in [3.8, 4) is 0 Å². The van der Waals surface area contributed by atoms with E-state index in [0.717, 1.165) is 114 Å². The summed E-state index contributed by atoms with van der Waals surface area (Å²) >= 11 is 0. The van der Waals surface area contributed by atoms with Crippen molar-refractivity contribution in [2.45, 2.75) is 103 Å². The van der Waals surface area contributed by atoms with Gasteiger partial charge in [-0.2, -0.15) is 0 Å². The monoisotopic (exact) mass is 868 g/mol. The Morgan fingerprint density at radius 3 is 1.67 bits per heavy atom. The van der Waals surface area contributed by atoms with Gasteiger partial charge < -0.3 is 20.4 Å². The Labute approximate surface area is 378 Å². The first-order valence-corrected chi connectivity index (χ1v) is 23.8. The van der Waals surface area contributed by atoms with Gasteiger partial charge in [0.15, 0.2) is 11.6 Å². The van der Waals surface area contributed by atoms with Gasteiger partial charge in [-0.25, -0.2) is 15.0 Å². The number of hydrogen-bond acceptors (Lipinski definition) is 11. The number of piperazine rings is 2. The molecular formula is C51H65N9O4. The third kappa shape index (κ3) is 11.6. The molecule has 0 unspecified atom stereocenters. The second-order valence-electron chi connectivity index (χ2n) is 18.3. The van der Waals surface area contributed by atoms with Crippen LogP contribution in [0.2, 0.25) is 0 Å². The molecule has 0 bridgehead atoms. The number of unbranched alkanes of at least 4 members (excludes halogenated alkanes) is 2. The Hall–Kier alpha value is -5.53. The molecule has 0 radical (unpaired) electrons. The van der Waals surface area contributed by atoms with Gasteiger partial charge in [0.1, 0.15) is 28.8 Å². The van der Waals surface area contributed by atoms with Crippen molar-refractivity contribution < 1.29 is 19.2 Å². The number of ketones is 2. The van der Waals surface area contributed by atoms with Crippen molar-refractivity contribution in [1.29, 1.82) is 0 Å². The average Bonchev–Trinajstić information content (AvgIpc) is 3.81. The normalized spacial score (nSPS) is 17.5. The van der Waals surface area contributed by atoms with E-state index in [4.69, 9.17) is 4.98 Å². The van der Waals surface area contributed by atoms with E-state index < -0.39 is 0 Å². The van der Waals surface area contributed by atoms with Crippen LogP contribution in [0.4, 0.5) is 23.1 Å². The van der Waals surface area contributed by atoms with Crippen LogP contribution in [-0.2, 0) is 35.3 Å². The van der Waals surface area contributed by atoms with Gasteiger partial charge in [0, 0.05) is 89.4 Å². The maximum absolute atomic E-state index is 12.6. The molecule has 2 amide bonds. The van der Waals surface area contributed by atoms with Gasteiger partial charge in [-0.15, -0.1) is 0 Å². The highest BCUT2D eigenvalue weighted by molar-refractivity contribution is 5.98. The SMILES string of the molecule is CC(C)c1cccc(N2CCN(CCCCC(=O)c3ccc4c(n3)NC(=O)CC4)CC2)n1.O=C1CCc2ccc(C(=O)CCCCN3CCN(c4cccc5c4CCC5)CC3)nc2N1. The summed E-state index contributed by atoms with van der Waals surface area (Å²) < 4.78 is 0. The molecule has 9 rings (SSSR count). The molecule has 13 heteroatoms. The molecule has 2 fully saturated rings. The smallest absolute Gasteiger partial charge is 0.225 e. The number of amides is 2. The number of rotatable bonds is 15. The number of pyridine rings is 3. The molecule has 338 valence electrons. The van der Waals surface area contributed by atoms with E-state index in [0.29, 0.717) is 67.5 Å². The fourth-order valence-corrected chi connectivity index (χ4v) is 9.54. The maximum atomic E-state index is 12.6. The molecule has 0 spiro atoms. The number of fused-ring (bicyclic) bond motifs is 3. The van der Waals surface area contributed by atoms with E-state index in [1.54, 1.807) is 23.3 Å². The molecule has 1 aromatic carbocycles. The van der Waals surface area contributed by atoms with Crippen molar-refractivity contribution in [3.05, 3.63) is 100.0 Å². The largest absolute Gasteiger partial charge is 0.369 e. The van der Waals surface area contributed by atoms with Crippen LogP contribution in [0.25, 0.3) is 0 Å². The van der Waals surface area contributed by atoms with Crippen LogP contribution < -0.4 is 20.4 Å². The number of aromatic nitrogens is 3. The zero-order valence-electron chi connectivity index (χ0n) is 37.9. The van der Waals surface area contributed by atoms with Crippen LogP contribution in [0.3, 0.4) is 0 Å². The van der Waals surface area contributed by atoms with Gasteiger partial charge in [0.2, 0.25) is 11.8 Å². The highest BCUT2D eigenvalue weighted by Gasteiger charge is 2.24. The topological polar surface area (TPSA) is 144 Å². The molecule has 3 aromatic heterocycles. The van der Waals surface area contributed by atoms with Crippen LogP contribution >= 0.6 is 0 Å². The highest BCUT2D eigenvalue weighted by Crippen LogP contribution is 2.32. The molecule has 2 saturated heterocycles. The molecule has 4 aromatic rings. The highest BCUT2D eigenvalue weighted by atomic mass is 16.2. The number of Topliss-reactive ketones (excluding diaryl/α,β-unsaturated/α-hetero) is 2. The molecule has 5 aliphatic rings. The van der Waals surface area contributed by atoms with Crippen LogP contribution in [0.15, 0.2) is 60.7 Å². The van der Waals surface area contributed by atoms with Crippen LogP contribution in [0, 0.1) is 0 Å². The number of aryl methyl sites for hydroxylation is 3. The summed E-state index contributed by atoms with van der Waals surface area (Å²) in [6, 6.07) is 20.6. The summed E-state index contributed by atoms with van der Waals surface area (Å²) in [6.07, 6.45) is 10.9. The lowest BCUT2D eigenvalue weighted by molar-refractivity contribution is -0.117. The Balaban J connectivity index is 0.000000175. The van der Waals surface area contributed by atoms with Crippen LogP contribution in [0.5, 0.6) is 0 Å². The van der Waals surface area contributed by atoms with Crippen molar-refractivity contribution in [3.63, 3.8) is 0 Å². The molecule has 4 aliphatic heterocycles. The van der Waals surface area contributed by atoms with E-state index in [2.05, 4.69) is 90.4 Å². The van der Waals surface area contributed by atoms with Gasteiger partial charge >= 0.3 is 0 Å². The minimum Gasteiger partial charge on any atom is -0.369 e. The molecule has 2 N–H and O–H groups in total. The van der Waals surface area contributed by atoms with Crippen molar-refractivity contribution in [2.75, 3.05) is 85.9 Å². The summed E-state index contributed by atoms with van der Waals surface area (Å²) in [5.74, 6) is 2.70. The Morgan fingerprint density at radius 1 is 0.562 bits per heavy atom. The number of hydrogen-bond donors (Lipinski definition) is 2. The summed E-state index contributed by atoms with van der Waals surface area (Å²) in [5, 5.41) is 5.55. The van der Waals surface area contributed by atoms with Gasteiger partial charge in [-0.3, -0.25) is 29.0 Å². The van der Waals surface area contributed by atoms with E-state index in [-0.39, 0.29) is 23.4 Å². The third-order valence-electron chi connectivity index (χ3n) is 13.4. The van der Waals surface area contributed by atoms with Gasteiger partial charge in [0.05, 0.1) is 0 Å². The summed E-state index contributed by atoms with van der Waals surface area (Å²) in [7, 11) is 0. The van der Waals surface area contributed by atoms with Gasteiger partial charge in [-0.05, 0) is 129 Å². The minimum atomic E-state index is -0.0295. The zero-order chi connectivity index (χ0) is 44.4. The molecule has 0 atom stereocenters. The number of nitrogens with one attached hydrogen (secondary N) is 2. The molecule has 64 heavy (non-hydrogen) atoms. The first kappa shape index (κ1) is 45.1. The van der Waals surface area contributed by atoms with E-state index in [1.165, 1.54) is 24.9 Å². The summed E-state index contributed by atoms with van der Waals surface area (Å²) in [5.41, 5.74) is 8.67. The lowest BCUT2D eigenvalue weighted by atomic mass is 10.0. The van der Waals surface area contributed by atoms with Gasteiger partial charge in [0.25, 0.3) is 0 Å². The first-order valence-electron chi connectivity index (χ1n) is 23.8. The number of carbonyl (C=O) groups is 4. The van der Waals surface area contributed by atoms with Crippen LogP contribution in [-0.4, -0.2) is 114 Å². The van der Waals surface area contributed by atoms with Crippen molar-refractivity contribution in [2.24, 2.45) is 0 Å². The first-order chi connectivity index (χ1) is 31.2. The second-order valence-corrected chi connectivity index (χ2v) is 18.3. The van der Waals surface area contributed by atoms with E-state index in [9.17, 15) is 19.2 Å². The number of carbonyl (C=O) groups excluding carboxylic acids is 4. The van der Waals surface area contributed by atoms with E-state index >= 15 is 0 Å². The average molecular weight is 868 g/mol. The standard InChI is InChI=1S/C26H32N4O2.C25H33N5O2/c31-24(22-12-10-20-11-13-25(32)28-26(20)27-22)9-1-2-14-29-15-17-30(18-16-29)23-8-4-6-19-5-3-7-21(19)23;1-18(2)20-6-5-8-23(26-20)30-16-14-29(15-17-30)13-4-3-7-22(31)21-11-9-19-10-12-24(32)28-25(19)27-21/h4,6,8,10,12H,1-3,5,7,9,11,13-18H2,(H,27,28,32);5-6,8-9,11,18H,3-4,7,10,12-17H2,1-2H3,(H,27,28,32). The summed E-state index contributed by atoms with van der Waals surface area (Å²) in [4.78, 5) is 71.8. The predicted molar refractivity (Wildman–Crippen MR) is 253 cm³/mol. The molecule has 13 nitrogen and oxygen atoms in total. The Morgan fingerprint density at radius 2 is 1.11 bits per heavy atom. The molecule has 1 aliphatic carbocycles. The van der Waals surface area contributed by atoms with Crippen LogP contribution in [0.1, 0.15) is 126 Å². The Bertz CT molecular complexity index is 2300. The fourth-order valence-electron chi connectivity index (χ4n) is 9.54. The minimum absolute atomic E-state index is 0.0219. The lowest BCUT2D eigenvalue weighted by Gasteiger charge is -2.37. The Kier molecular flexibility index (Phi) is 15.1. The number of benzene rings is 1. The predicted octanol–water partition coefficient (Wildman–Crippen LogP) is 7.29. The molecule has 7 heterocycles. The zero-order valence-corrected chi connectivity index (χ0v) is 37.9. The molecule has 0 saturated carbocycles. The maximum Gasteiger partial charge on any atom is 0.225 e. The lowest BCUT2D eigenvalue weighted by Crippen LogP contribution is -2.47. The summed E-state index contributed by atoms with van der Waals surface area (Å²) in [6.45, 7) is 14.8. The number of nitrogens with zero attached hydrogens (tertiary/aromatic N) is 7. The van der Waals surface area contributed by atoms with E-state index in [1.807, 2.05) is 12.1 Å². The fraction of sp³-hybridized carbons (Fsp3) is 0.510. The molecular weight excluding hydrogens is 803 g/mol. The third-order valence-corrected chi connectivity index (χ3v) is 13.4. The quantitative estimate of drug-likeness (QED) is 0.0919. The second kappa shape index (κ2) is 21.4. The van der Waals surface area contributed by atoms with Crippen molar-refractivity contribution >= 4 is 46.5 Å². The van der Waals surface area contributed by atoms with Gasteiger partial charge in [-0.1, -0.05) is 44.2 Å². The van der Waals surface area contributed by atoms with Crippen molar-refractivity contribution in [1.82, 2.24) is 24.8 Å². The number of anilines is 4.